The van der Waals surface area contributed by atoms with Gasteiger partial charge in [-0.25, -0.2) is 14.0 Å². The molecular formula is C29H35Cl2F4N5O2. The Morgan fingerprint density at radius 1 is 0.905 bits per heavy atom. The van der Waals surface area contributed by atoms with Crippen LogP contribution in [-0.4, -0.2) is 102 Å². The summed E-state index contributed by atoms with van der Waals surface area (Å²) in [5, 5.41) is 0.771. The number of halogens is 6. The highest BCUT2D eigenvalue weighted by molar-refractivity contribution is 6.42. The molecule has 13 heteroatoms. The summed E-state index contributed by atoms with van der Waals surface area (Å²) in [7, 11) is 1.80. The van der Waals surface area contributed by atoms with Crippen molar-refractivity contribution >= 4 is 35.3 Å². The van der Waals surface area contributed by atoms with Crippen molar-refractivity contribution in [1.29, 1.82) is 0 Å². The highest BCUT2D eigenvalue weighted by atomic mass is 35.5. The summed E-state index contributed by atoms with van der Waals surface area (Å²) in [6, 6.07) is 7.82. The lowest BCUT2D eigenvalue weighted by Crippen LogP contribution is -2.56. The first-order chi connectivity index (χ1) is 19.8. The number of urea groups is 2. The van der Waals surface area contributed by atoms with Gasteiger partial charge in [0.2, 0.25) is 0 Å². The number of nitrogens with zero attached hydrogens (tertiary/aromatic N) is 5. The summed E-state index contributed by atoms with van der Waals surface area (Å²) in [5.74, 6) is -1.50. The van der Waals surface area contributed by atoms with Gasteiger partial charge >= 0.3 is 18.2 Å². The molecule has 2 aromatic carbocycles. The van der Waals surface area contributed by atoms with Crippen molar-refractivity contribution in [3.8, 4) is 0 Å². The molecule has 7 nitrogen and oxygen atoms in total. The Kier molecular flexibility index (Phi) is 10.2. The molecule has 4 amide bonds. The SMILES string of the molecule is CCN(CC)C(=O)N1CCN(C(=O)N2CC(N(C)Cc3ccc(C(F)(F)F)c(F)c3)[C@@H](c3ccc(Cl)c(Cl)c3)C2)CC1. The molecule has 42 heavy (non-hydrogen) atoms. The van der Waals surface area contributed by atoms with Crippen molar-refractivity contribution in [3.63, 3.8) is 0 Å². The number of alkyl halides is 3. The second-order valence-corrected chi connectivity index (χ2v) is 11.5. The lowest BCUT2D eigenvalue weighted by Gasteiger charge is -2.38. The summed E-state index contributed by atoms with van der Waals surface area (Å²) in [5.41, 5.74) is -0.0569. The lowest BCUT2D eigenvalue weighted by molar-refractivity contribution is -0.140. The van der Waals surface area contributed by atoms with Crippen LogP contribution in [0.3, 0.4) is 0 Å². The van der Waals surface area contributed by atoms with Gasteiger partial charge in [-0.3, -0.25) is 4.90 Å². The molecule has 0 radical (unpaired) electrons. The van der Waals surface area contributed by atoms with E-state index >= 15 is 0 Å². The largest absolute Gasteiger partial charge is 0.419 e. The van der Waals surface area contributed by atoms with Crippen LogP contribution in [0.15, 0.2) is 36.4 Å². The summed E-state index contributed by atoms with van der Waals surface area (Å²) in [4.78, 5) is 35.3. The first-order valence-corrected chi connectivity index (χ1v) is 14.7. The molecule has 2 heterocycles. The van der Waals surface area contributed by atoms with Gasteiger partial charge < -0.3 is 19.6 Å². The average Bonchev–Trinajstić information content (AvgIpc) is 3.40. The van der Waals surface area contributed by atoms with Gasteiger partial charge in [0.15, 0.2) is 0 Å². The molecule has 2 fully saturated rings. The zero-order chi connectivity index (χ0) is 30.8. The van der Waals surface area contributed by atoms with Crippen LogP contribution in [0.1, 0.15) is 36.5 Å². The molecule has 0 saturated carbocycles. The first kappa shape index (κ1) is 32.2. The Balaban J connectivity index is 1.50. The molecule has 0 bridgehead atoms. The highest BCUT2D eigenvalue weighted by Crippen LogP contribution is 2.36. The maximum atomic E-state index is 14.3. The number of hydrogen-bond acceptors (Lipinski definition) is 3. The van der Waals surface area contributed by atoms with Gasteiger partial charge in [-0.2, -0.15) is 13.2 Å². The maximum Gasteiger partial charge on any atom is 0.419 e. The number of likely N-dealkylation sites (tertiary alicyclic amines) is 1. The second-order valence-electron chi connectivity index (χ2n) is 10.7. The second kappa shape index (κ2) is 13.3. The monoisotopic (exact) mass is 631 g/mol. The third-order valence-corrected chi connectivity index (χ3v) is 8.86. The van der Waals surface area contributed by atoms with Crippen molar-refractivity contribution < 1.29 is 27.2 Å². The van der Waals surface area contributed by atoms with Crippen LogP contribution in [0.5, 0.6) is 0 Å². The van der Waals surface area contributed by atoms with Crippen molar-refractivity contribution in [3.05, 3.63) is 69.0 Å². The van der Waals surface area contributed by atoms with Crippen LogP contribution in [0.2, 0.25) is 10.0 Å². The van der Waals surface area contributed by atoms with Crippen LogP contribution in [-0.2, 0) is 12.7 Å². The minimum absolute atomic E-state index is 0.0330. The predicted molar refractivity (Wildman–Crippen MR) is 154 cm³/mol. The molecule has 0 aliphatic carbocycles. The van der Waals surface area contributed by atoms with E-state index in [2.05, 4.69) is 0 Å². The molecule has 2 aromatic rings. The molecule has 2 aliphatic rings. The Hall–Kier alpha value is -2.76. The number of carbonyl (C=O) groups excluding carboxylic acids is 2. The number of piperazine rings is 1. The minimum Gasteiger partial charge on any atom is -0.325 e. The molecule has 1 unspecified atom stereocenters. The summed E-state index contributed by atoms with van der Waals surface area (Å²) >= 11 is 12.5. The fourth-order valence-electron chi connectivity index (χ4n) is 5.74. The Morgan fingerprint density at radius 3 is 2.12 bits per heavy atom. The molecule has 0 aromatic heterocycles. The van der Waals surface area contributed by atoms with E-state index in [0.29, 0.717) is 68.0 Å². The molecule has 230 valence electrons. The number of carbonyl (C=O) groups is 2. The van der Waals surface area contributed by atoms with Gasteiger partial charge in [0.05, 0.1) is 15.6 Å². The van der Waals surface area contributed by atoms with Crippen LogP contribution < -0.4 is 0 Å². The van der Waals surface area contributed by atoms with Gasteiger partial charge in [0.1, 0.15) is 5.82 Å². The molecule has 4 rings (SSSR count). The van der Waals surface area contributed by atoms with E-state index in [-0.39, 0.29) is 30.6 Å². The Bertz CT molecular complexity index is 1290. The van der Waals surface area contributed by atoms with E-state index in [0.717, 1.165) is 17.7 Å². The van der Waals surface area contributed by atoms with E-state index in [1.807, 2.05) is 24.8 Å². The number of likely N-dealkylation sites (N-methyl/N-ethyl adjacent to an activating group) is 1. The van der Waals surface area contributed by atoms with Crippen LogP contribution in [0, 0.1) is 5.82 Å². The van der Waals surface area contributed by atoms with Crippen LogP contribution in [0.25, 0.3) is 0 Å². The zero-order valence-corrected chi connectivity index (χ0v) is 25.3. The van der Waals surface area contributed by atoms with Gasteiger partial charge in [-0.1, -0.05) is 35.3 Å². The van der Waals surface area contributed by atoms with Crippen molar-refractivity contribution in [2.45, 2.75) is 38.5 Å². The molecule has 2 atom stereocenters. The van der Waals surface area contributed by atoms with Gasteiger partial charge in [-0.15, -0.1) is 0 Å². The normalized spacial score (nSPS) is 19.5. The lowest BCUT2D eigenvalue weighted by atomic mass is 9.93. The molecule has 2 saturated heterocycles. The smallest absolute Gasteiger partial charge is 0.325 e. The van der Waals surface area contributed by atoms with Gasteiger partial charge in [-0.05, 0) is 56.3 Å². The molecule has 0 spiro atoms. The van der Waals surface area contributed by atoms with E-state index < -0.39 is 17.6 Å². The quantitative estimate of drug-likeness (QED) is 0.354. The highest BCUT2D eigenvalue weighted by Gasteiger charge is 2.41. The third-order valence-electron chi connectivity index (χ3n) is 8.12. The topological polar surface area (TPSA) is 50.3 Å². The molecule has 0 N–H and O–H groups in total. The van der Waals surface area contributed by atoms with Crippen molar-refractivity contribution in [2.24, 2.45) is 0 Å². The molecular weight excluding hydrogens is 597 g/mol. The zero-order valence-electron chi connectivity index (χ0n) is 23.8. The fourth-order valence-corrected chi connectivity index (χ4v) is 6.04. The number of hydrogen-bond donors (Lipinski definition) is 0. The summed E-state index contributed by atoms with van der Waals surface area (Å²) in [6.45, 7) is 7.69. The summed E-state index contributed by atoms with van der Waals surface area (Å²) in [6.07, 6.45) is -4.77. The maximum absolute atomic E-state index is 14.3. The van der Waals surface area contributed by atoms with Gasteiger partial charge in [0, 0.05) is 70.9 Å². The van der Waals surface area contributed by atoms with Crippen molar-refractivity contribution in [2.75, 3.05) is 59.4 Å². The minimum atomic E-state index is -4.77. The van der Waals surface area contributed by atoms with Crippen LogP contribution >= 0.6 is 23.2 Å². The Morgan fingerprint density at radius 2 is 1.55 bits per heavy atom. The van der Waals surface area contributed by atoms with Gasteiger partial charge in [0.25, 0.3) is 0 Å². The summed E-state index contributed by atoms with van der Waals surface area (Å²) < 4.78 is 53.5. The van der Waals surface area contributed by atoms with E-state index in [1.165, 1.54) is 6.07 Å². The Labute approximate surface area is 253 Å². The van der Waals surface area contributed by atoms with Crippen molar-refractivity contribution in [1.82, 2.24) is 24.5 Å². The van der Waals surface area contributed by atoms with Crippen LogP contribution in [0.4, 0.5) is 27.2 Å². The first-order valence-electron chi connectivity index (χ1n) is 13.9. The van der Waals surface area contributed by atoms with E-state index in [1.54, 1.807) is 38.8 Å². The fraction of sp³-hybridized carbons (Fsp3) is 0.517. The number of amides is 4. The van der Waals surface area contributed by atoms with E-state index in [4.69, 9.17) is 23.2 Å². The van der Waals surface area contributed by atoms with E-state index in [9.17, 15) is 27.2 Å². The third kappa shape index (κ3) is 7.06. The number of benzene rings is 2. The average molecular weight is 633 g/mol. The predicted octanol–water partition coefficient (Wildman–Crippen LogP) is 6.25. The molecule has 2 aliphatic heterocycles. The standard InChI is InChI=1S/C29H35Cl2F4N5O2/c1-4-37(5-2)27(41)38-10-12-39(13-11-38)28(42)40-17-21(20-7-9-23(30)24(31)15-20)26(18-40)36(3)16-19-6-8-22(25(32)14-19)29(33,34)35/h6-9,14-15,21,26H,4-5,10-13,16-18H2,1-3H3/t21-,26?/m1/s1. The number of rotatable bonds is 6.